The Balaban J connectivity index is 3.70. The maximum atomic E-state index is 11.3. The van der Waals surface area contributed by atoms with Gasteiger partial charge in [-0.05, 0) is 6.42 Å². The second-order valence-corrected chi connectivity index (χ2v) is 3.93. The SMILES string of the molecule is CCCCNC(=O)NCCN(CCO)CC(=O)O. The highest BCUT2D eigenvalue weighted by Crippen LogP contribution is 1.87. The smallest absolute Gasteiger partial charge is 0.317 e. The molecule has 0 saturated heterocycles. The van der Waals surface area contributed by atoms with Gasteiger partial charge in [0.2, 0.25) is 0 Å². The lowest BCUT2D eigenvalue weighted by Gasteiger charge is -2.19. The van der Waals surface area contributed by atoms with Crippen molar-refractivity contribution in [2.75, 3.05) is 39.3 Å². The molecule has 0 spiro atoms. The zero-order chi connectivity index (χ0) is 13.8. The van der Waals surface area contributed by atoms with Crippen molar-refractivity contribution in [1.29, 1.82) is 0 Å². The van der Waals surface area contributed by atoms with Crippen LogP contribution in [0.4, 0.5) is 4.79 Å². The molecule has 0 atom stereocenters. The Bertz CT molecular complexity index is 248. The van der Waals surface area contributed by atoms with Gasteiger partial charge in [0.1, 0.15) is 0 Å². The molecule has 2 amide bonds. The Labute approximate surface area is 107 Å². The van der Waals surface area contributed by atoms with E-state index in [4.69, 9.17) is 10.2 Å². The van der Waals surface area contributed by atoms with E-state index in [1.807, 2.05) is 6.92 Å². The van der Waals surface area contributed by atoms with Crippen molar-refractivity contribution >= 4 is 12.0 Å². The van der Waals surface area contributed by atoms with Crippen molar-refractivity contribution in [1.82, 2.24) is 15.5 Å². The van der Waals surface area contributed by atoms with Crippen molar-refractivity contribution in [3.63, 3.8) is 0 Å². The summed E-state index contributed by atoms with van der Waals surface area (Å²) in [6.07, 6.45) is 1.95. The molecule has 106 valence electrons. The van der Waals surface area contributed by atoms with Crippen LogP contribution >= 0.6 is 0 Å². The molecule has 0 aromatic rings. The lowest BCUT2D eigenvalue weighted by atomic mass is 10.3. The Hall–Kier alpha value is -1.34. The lowest BCUT2D eigenvalue weighted by Crippen LogP contribution is -2.42. The van der Waals surface area contributed by atoms with Gasteiger partial charge in [-0.3, -0.25) is 9.69 Å². The number of rotatable bonds is 10. The first kappa shape index (κ1) is 16.7. The van der Waals surface area contributed by atoms with Crippen LogP contribution in [-0.4, -0.2) is 66.4 Å². The van der Waals surface area contributed by atoms with E-state index in [0.717, 1.165) is 12.8 Å². The van der Waals surface area contributed by atoms with Crippen LogP contribution in [-0.2, 0) is 4.79 Å². The molecule has 7 nitrogen and oxygen atoms in total. The van der Waals surface area contributed by atoms with Crippen molar-refractivity contribution in [2.24, 2.45) is 0 Å². The molecular weight excluding hydrogens is 238 g/mol. The predicted octanol–water partition coefficient (Wildman–Crippen LogP) is -0.535. The van der Waals surface area contributed by atoms with Crippen LogP contribution in [0.15, 0.2) is 0 Å². The number of amides is 2. The first-order valence-corrected chi connectivity index (χ1v) is 6.16. The molecule has 0 aromatic heterocycles. The van der Waals surface area contributed by atoms with E-state index in [9.17, 15) is 9.59 Å². The first-order valence-electron chi connectivity index (χ1n) is 6.16. The van der Waals surface area contributed by atoms with Crippen LogP contribution in [0, 0.1) is 0 Å². The number of carbonyl (C=O) groups is 2. The van der Waals surface area contributed by atoms with Crippen LogP contribution in [0.5, 0.6) is 0 Å². The quantitative estimate of drug-likeness (QED) is 0.396. The minimum atomic E-state index is -0.948. The fourth-order valence-electron chi connectivity index (χ4n) is 1.37. The largest absolute Gasteiger partial charge is 0.480 e. The number of aliphatic carboxylic acids is 1. The Morgan fingerprint density at radius 2 is 1.83 bits per heavy atom. The molecule has 7 heteroatoms. The molecule has 0 aliphatic rings. The van der Waals surface area contributed by atoms with Gasteiger partial charge in [-0.15, -0.1) is 0 Å². The number of hydrogen-bond donors (Lipinski definition) is 4. The molecule has 0 aromatic carbocycles. The van der Waals surface area contributed by atoms with Crippen molar-refractivity contribution in [3.05, 3.63) is 0 Å². The van der Waals surface area contributed by atoms with Crippen molar-refractivity contribution in [2.45, 2.75) is 19.8 Å². The van der Waals surface area contributed by atoms with Gasteiger partial charge in [-0.2, -0.15) is 0 Å². The highest BCUT2D eigenvalue weighted by atomic mass is 16.4. The summed E-state index contributed by atoms with van der Waals surface area (Å²) in [4.78, 5) is 23.4. The van der Waals surface area contributed by atoms with Crippen LogP contribution in [0.2, 0.25) is 0 Å². The minimum Gasteiger partial charge on any atom is -0.480 e. The van der Waals surface area contributed by atoms with Crippen molar-refractivity contribution in [3.8, 4) is 0 Å². The summed E-state index contributed by atoms with van der Waals surface area (Å²) in [5, 5.41) is 22.7. The summed E-state index contributed by atoms with van der Waals surface area (Å²) in [6, 6.07) is -0.247. The van der Waals surface area contributed by atoms with E-state index in [1.54, 1.807) is 4.90 Å². The van der Waals surface area contributed by atoms with Crippen LogP contribution < -0.4 is 10.6 Å². The third-order valence-electron chi connectivity index (χ3n) is 2.30. The van der Waals surface area contributed by atoms with E-state index in [0.29, 0.717) is 19.6 Å². The van der Waals surface area contributed by atoms with Gasteiger partial charge in [-0.25, -0.2) is 4.79 Å². The van der Waals surface area contributed by atoms with Crippen LogP contribution in [0.1, 0.15) is 19.8 Å². The summed E-state index contributed by atoms with van der Waals surface area (Å²) in [5.74, 6) is -0.948. The van der Waals surface area contributed by atoms with Crippen molar-refractivity contribution < 1.29 is 19.8 Å². The molecule has 0 heterocycles. The zero-order valence-electron chi connectivity index (χ0n) is 10.8. The first-order chi connectivity index (χ1) is 8.60. The van der Waals surface area contributed by atoms with Gasteiger partial charge in [0, 0.05) is 26.2 Å². The Morgan fingerprint density at radius 1 is 1.17 bits per heavy atom. The number of aliphatic hydroxyl groups is 1. The van der Waals surface area contributed by atoms with Gasteiger partial charge in [0.05, 0.1) is 13.2 Å². The number of unbranched alkanes of at least 4 members (excludes halogenated alkanes) is 1. The number of nitrogens with one attached hydrogen (secondary N) is 2. The maximum absolute atomic E-state index is 11.3. The monoisotopic (exact) mass is 261 g/mol. The number of carboxylic acid groups (broad SMARTS) is 1. The third-order valence-corrected chi connectivity index (χ3v) is 2.30. The number of carbonyl (C=O) groups excluding carboxylic acids is 1. The van der Waals surface area contributed by atoms with Gasteiger partial charge in [0.25, 0.3) is 0 Å². The third kappa shape index (κ3) is 9.86. The maximum Gasteiger partial charge on any atom is 0.317 e. The van der Waals surface area contributed by atoms with E-state index in [1.165, 1.54) is 0 Å². The standard InChI is InChI=1S/C11H23N3O4/c1-2-3-4-12-11(18)13-5-6-14(7-8-15)9-10(16)17/h15H,2-9H2,1H3,(H,16,17)(H2,12,13,18). The average molecular weight is 261 g/mol. The van der Waals surface area contributed by atoms with Crippen LogP contribution in [0.25, 0.3) is 0 Å². The molecular formula is C11H23N3O4. The fourth-order valence-corrected chi connectivity index (χ4v) is 1.37. The number of aliphatic hydroxyl groups excluding tert-OH is 1. The Kier molecular flexibility index (Phi) is 9.99. The molecule has 0 radical (unpaired) electrons. The summed E-state index contributed by atoms with van der Waals surface area (Å²) >= 11 is 0. The van der Waals surface area contributed by atoms with Gasteiger partial charge < -0.3 is 20.8 Å². The number of hydrogen-bond acceptors (Lipinski definition) is 4. The van der Waals surface area contributed by atoms with Gasteiger partial charge in [0.15, 0.2) is 0 Å². The zero-order valence-corrected chi connectivity index (χ0v) is 10.8. The predicted molar refractivity (Wildman–Crippen MR) is 67.5 cm³/mol. The summed E-state index contributed by atoms with van der Waals surface area (Å²) < 4.78 is 0. The molecule has 0 aliphatic carbocycles. The molecule has 0 rings (SSSR count). The van der Waals surface area contributed by atoms with E-state index in [-0.39, 0.29) is 25.7 Å². The summed E-state index contributed by atoms with van der Waals surface area (Å²) in [6.45, 7) is 3.47. The number of urea groups is 1. The summed E-state index contributed by atoms with van der Waals surface area (Å²) in [5.41, 5.74) is 0. The fraction of sp³-hybridized carbons (Fsp3) is 0.818. The normalized spacial score (nSPS) is 10.4. The van der Waals surface area contributed by atoms with Crippen LogP contribution in [0.3, 0.4) is 0 Å². The highest BCUT2D eigenvalue weighted by molar-refractivity contribution is 5.73. The number of nitrogens with zero attached hydrogens (tertiary/aromatic N) is 1. The lowest BCUT2D eigenvalue weighted by molar-refractivity contribution is -0.138. The number of carboxylic acids is 1. The van der Waals surface area contributed by atoms with E-state index >= 15 is 0 Å². The molecule has 0 aliphatic heterocycles. The van der Waals surface area contributed by atoms with E-state index < -0.39 is 5.97 Å². The topological polar surface area (TPSA) is 102 Å². The molecule has 0 unspecified atom stereocenters. The highest BCUT2D eigenvalue weighted by Gasteiger charge is 2.09. The van der Waals surface area contributed by atoms with Gasteiger partial charge in [-0.1, -0.05) is 13.3 Å². The summed E-state index contributed by atoms with van der Waals surface area (Å²) in [7, 11) is 0. The van der Waals surface area contributed by atoms with Gasteiger partial charge >= 0.3 is 12.0 Å². The minimum absolute atomic E-state index is 0.101. The second kappa shape index (κ2) is 10.8. The molecule has 0 fully saturated rings. The average Bonchev–Trinajstić information content (AvgIpc) is 2.29. The van der Waals surface area contributed by atoms with E-state index in [2.05, 4.69) is 10.6 Å². The Morgan fingerprint density at radius 3 is 2.39 bits per heavy atom. The second-order valence-electron chi connectivity index (χ2n) is 3.93. The molecule has 0 saturated carbocycles. The molecule has 4 N–H and O–H groups in total. The molecule has 18 heavy (non-hydrogen) atoms. The molecule has 0 bridgehead atoms.